The lowest BCUT2D eigenvalue weighted by Gasteiger charge is -2.16. The number of hydrogen-bond acceptors (Lipinski definition) is 3. The van der Waals surface area contributed by atoms with Crippen molar-refractivity contribution in [1.82, 2.24) is 15.5 Å². The second-order valence-electron chi connectivity index (χ2n) is 5.30. The minimum atomic E-state index is -4.33. The molecule has 136 valence electrons. The summed E-state index contributed by atoms with van der Waals surface area (Å²) in [5.74, 6) is 0.873. The zero-order valence-electron chi connectivity index (χ0n) is 14.3. The summed E-state index contributed by atoms with van der Waals surface area (Å²) in [4.78, 5) is 6.31. The van der Waals surface area contributed by atoms with Crippen LogP contribution in [0.2, 0.25) is 0 Å². The number of halogens is 3. The van der Waals surface area contributed by atoms with E-state index in [2.05, 4.69) is 32.2 Å². The molecule has 1 rings (SSSR count). The van der Waals surface area contributed by atoms with E-state index >= 15 is 0 Å². The third-order valence-corrected chi connectivity index (χ3v) is 3.34. The molecule has 0 aliphatic heterocycles. The summed E-state index contributed by atoms with van der Waals surface area (Å²) in [5.41, 5.74) is 0.919. The third-order valence-electron chi connectivity index (χ3n) is 3.34. The molecule has 8 heteroatoms. The van der Waals surface area contributed by atoms with Gasteiger partial charge in [0.25, 0.3) is 0 Å². The zero-order valence-corrected chi connectivity index (χ0v) is 14.3. The van der Waals surface area contributed by atoms with Gasteiger partial charge in [0.05, 0.1) is 0 Å². The molecule has 5 nitrogen and oxygen atoms in total. The van der Waals surface area contributed by atoms with Crippen LogP contribution < -0.4 is 15.4 Å². The molecule has 0 saturated heterocycles. The van der Waals surface area contributed by atoms with Gasteiger partial charge in [0, 0.05) is 26.7 Å². The molecule has 0 unspecified atom stereocenters. The first-order valence-electron chi connectivity index (χ1n) is 7.75. The Kier molecular flexibility index (Phi) is 8.39. The van der Waals surface area contributed by atoms with E-state index in [0.29, 0.717) is 12.5 Å². The molecule has 0 fully saturated rings. The lowest BCUT2D eigenvalue weighted by Crippen LogP contribution is -2.40. The Labute approximate surface area is 140 Å². The lowest BCUT2D eigenvalue weighted by molar-refractivity contribution is -0.153. The molecular weight excluding hydrogens is 321 g/mol. The Morgan fingerprint density at radius 1 is 1.21 bits per heavy atom. The van der Waals surface area contributed by atoms with Crippen molar-refractivity contribution in [2.45, 2.75) is 19.6 Å². The Hall–Kier alpha value is -1.96. The number of alkyl halides is 3. The number of rotatable bonds is 8. The smallest absolute Gasteiger partial charge is 0.422 e. The molecule has 0 atom stereocenters. The highest BCUT2D eigenvalue weighted by Gasteiger charge is 2.28. The van der Waals surface area contributed by atoms with Crippen LogP contribution in [-0.4, -0.2) is 57.4 Å². The highest BCUT2D eigenvalue weighted by molar-refractivity contribution is 5.79. The van der Waals surface area contributed by atoms with Crippen molar-refractivity contribution < 1.29 is 17.9 Å². The van der Waals surface area contributed by atoms with E-state index in [1.807, 2.05) is 7.05 Å². The second-order valence-corrected chi connectivity index (χ2v) is 5.30. The standard InChI is InChI=1S/C16H25F3N4O/c1-4-23(3)10-9-21-15(20-2)22-11-13-5-7-14(8-6-13)24-12-16(17,18)19/h5-8H,4,9-12H2,1-3H3,(H2,20,21,22). The molecule has 0 radical (unpaired) electrons. The van der Waals surface area contributed by atoms with Crippen LogP contribution in [0.1, 0.15) is 12.5 Å². The molecule has 0 aromatic heterocycles. The quantitative estimate of drug-likeness (QED) is 0.560. The van der Waals surface area contributed by atoms with E-state index in [1.54, 1.807) is 19.2 Å². The van der Waals surface area contributed by atoms with E-state index in [-0.39, 0.29) is 5.75 Å². The van der Waals surface area contributed by atoms with Crippen molar-refractivity contribution in [2.75, 3.05) is 40.3 Å². The summed E-state index contributed by atoms with van der Waals surface area (Å²) in [7, 11) is 3.73. The molecule has 0 amide bonds. The van der Waals surface area contributed by atoms with Crippen molar-refractivity contribution in [2.24, 2.45) is 4.99 Å². The van der Waals surface area contributed by atoms with Gasteiger partial charge in [-0.25, -0.2) is 0 Å². The number of guanidine groups is 1. The Balaban J connectivity index is 2.37. The van der Waals surface area contributed by atoms with Gasteiger partial charge < -0.3 is 20.3 Å². The van der Waals surface area contributed by atoms with Gasteiger partial charge in [-0.15, -0.1) is 0 Å². The van der Waals surface area contributed by atoms with Crippen LogP contribution in [0.3, 0.4) is 0 Å². The van der Waals surface area contributed by atoms with Crippen molar-refractivity contribution >= 4 is 5.96 Å². The molecule has 1 aromatic rings. The molecule has 0 heterocycles. The lowest BCUT2D eigenvalue weighted by atomic mass is 10.2. The Morgan fingerprint density at radius 3 is 2.42 bits per heavy atom. The highest BCUT2D eigenvalue weighted by atomic mass is 19.4. The minimum Gasteiger partial charge on any atom is -0.484 e. The average Bonchev–Trinajstić information content (AvgIpc) is 2.56. The van der Waals surface area contributed by atoms with E-state index in [0.717, 1.165) is 25.2 Å². The number of aliphatic imine (C=N–C) groups is 1. The van der Waals surface area contributed by atoms with Crippen LogP contribution in [0.4, 0.5) is 13.2 Å². The fourth-order valence-electron chi connectivity index (χ4n) is 1.80. The fraction of sp³-hybridized carbons (Fsp3) is 0.562. The first-order valence-corrected chi connectivity index (χ1v) is 7.75. The molecule has 24 heavy (non-hydrogen) atoms. The number of nitrogens with one attached hydrogen (secondary N) is 2. The van der Waals surface area contributed by atoms with E-state index in [9.17, 15) is 13.2 Å². The van der Waals surface area contributed by atoms with Gasteiger partial charge in [0.2, 0.25) is 0 Å². The predicted octanol–water partition coefficient (Wildman–Crippen LogP) is 2.24. The predicted molar refractivity (Wildman–Crippen MR) is 89.4 cm³/mol. The maximum atomic E-state index is 12.1. The molecule has 0 bridgehead atoms. The molecular formula is C16H25F3N4O. The van der Waals surface area contributed by atoms with E-state index in [4.69, 9.17) is 0 Å². The number of nitrogens with zero attached hydrogens (tertiary/aromatic N) is 2. The van der Waals surface area contributed by atoms with E-state index in [1.165, 1.54) is 12.1 Å². The topological polar surface area (TPSA) is 48.9 Å². The minimum absolute atomic E-state index is 0.196. The number of hydrogen-bond donors (Lipinski definition) is 2. The van der Waals surface area contributed by atoms with Crippen LogP contribution in [0.15, 0.2) is 29.3 Å². The Morgan fingerprint density at radius 2 is 1.88 bits per heavy atom. The SMILES string of the molecule is CCN(C)CCNC(=NC)NCc1ccc(OCC(F)(F)F)cc1. The maximum Gasteiger partial charge on any atom is 0.422 e. The molecule has 0 aliphatic rings. The van der Waals surface area contributed by atoms with Gasteiger partial charge in [-0.3, -0.25) is 4.99 Å². The van der Waals surface area contributed by atoms with Crippen LogP contribution >= 0.6 is 0 Å². The van der Waals surface area contributed by atoms with Crippen molar-refractivity contribution in [3.05, 3.63) is 29.8 Å². The molecule has 0 saturated carbocycles. The molecule has 0 aliphatic carbocycles. The van der Waals surface area contributed by atoms with Gasteiger partial charge in [-0.1, -0.05) is 19.1 Å². The number of likely N-dealkylation sites (N-methyl/N-ethyl adjacent to an activating group) is 1. The largest absolute Gasteiger partial charge is 0.484 e. The normalized spacial score (nSPS) is 12.4. The van der Waals surface area contributed by atoms with Crippen molar-refractivity contribution in [3.63, 3.8) is 0 Å². The number of ether oxygens (including phenoxy) is 1. The molecule has 0 spiro atoms. The summed E-state index contributed by atoms with van der Waals surface area (Å²) in [6.45, 7) is 3.98. The van der Waals surface area contributed by atoms with Crippen molar-refractivity contribution in [1.29, 1.82) is 0 Å². The summed E-state index contributed by atoms with van der Waals surface area (Å²) in [6, 6.07) is 6.48. The second kappa shape index (κ2) is 10.0. The van der Waals surface area contributed by atoms with Gasteiger partial charge in [-0.2, -0.15) is 13.2 Å². The summed E-state index contributed by atoms with van der Waals surface area (Å²) >= 11 is 0. The van der Waals surface area contributed by atoms with Gasteiger partial charge in [0.15, 0.2) is 12.6 Å². The van der Waals surface area contributed by atoms with E-state index < -0.39 is 12.8 Å². The summed E-state index contributed by atoms with van der Waals surface area (Å²) in [5, 5.41) is 6.35. The monoisotopic (exact) mass is 346 g/mol. The van der Waals surface area contributed by atoms with Gasteiger partial charge >= 0.3 is 6.18 Å². The first-order chi connectivity index (χ1) is 11.3. The zero-order chi connectivity index (χ0) is 18.0. The van der Waals surface area contributed by atoms with Gasteiger partial charge in [-0.05, 0) is 31.3 Å². The van der Waals surface area contributed by atoms with Crippen LogP contribution in [0.5, 0.6) is 5.75 Å². The fourth-order valence-corrected chi connectivity index (χ4v) is 1.80. The van der Waals surface area contributed by atoms with Crippen molar-refractivity contribution in [3.8, 4) is 5.75 Å². The third kappa shape index (κ3) is 8.61. The summed E-state index contributed by atoms with van der Waals surface area (Å²) in [6.07, 6.45) is -4.33. The first kappa shape index (κ1) is 20.1. The number of benzene rings is 1. The van der Waals surface area contributed by atoms with Crippen LogP contribution in [0.25, 0.3) is 0 Å². The molecule has 2 N–H and O–H groups in total. The van der Waals surface area contributed by atoms with Crippen LogP contribution in [0, 0.1) is 0 Å². The maximum absolute atomic E-state index is 12.1. The average molecular weight is 346 g/mol. The Bertz CT molecular complexity index is 503. The van der Waals surface area contributed by atoms with Crippen LogP contribution in [-0.2, 0) is 6.54 Å². The highest BCUT2D eigenvalue weighted by Crippen LogP contribution is 2.18. The molecule has 1 aromatic carbocycles. The van der Waals surface area contributed by atoms with Gasteiger partial charge in [0.1, 0.15) is 5.75 Å². The summed E-state index contributed by atoms with van der Waals surface area (Å²) < 4.78 is 40.9.